The molecule has 2 nitrogen and oxygen atoms in total. The van der Waals surface area contributed by atoms with Crippen LogP contribution in [0, 0.1) is 5.92 Å². The van der Waals surface area contributed by atoms with Crippen molar-refractivity contribution >= 4 is 6.98 Å². The van der Waals surface area contributed by atoms with Gasteiger partial charge in [0.25, 0.3) is 0 Å². The number of aliphatic hydroxyl groups excluding tert-OH is 1. The smallest absolute Gasteiger partial charge is 0.448 e. The molecule has 1 heterocycles. The zero-order valence-corrected chi connectivity index (χ0v) is 7.43. The lowest BCUT2D eigenvalue weighted by Crippen LogP contribution is -2.44. The van der Waals surface area contributed by atoms with E-state index < -0.39 is 13.4 Å². The van der Waals surface area contributed by atoms with E-state index in [2.05, 4.69) is 0 Å². The van der Waals surface area contributed by atoms with Crippen molar-refractivity contribution < 1.29 is 18.1 Å². The van der Waals surface area contributed by atoms with Gasteiger partial charge in [0.2, 0.25) is 0 Å². The molecule has 1 rings (SSSR count). The fraction of sp³-hybridized carbons (Fsp3) is 1.00. The number of likely N-dealkylation sites (tertiary alicyclic amines) is 1. The van der Waals surface area contributed by atoms with Crippen molar-refractivity contribution in [2.75, 3.05) is 26.1 Å². The first-order chi connectivity index (χ1) is 6.01. The van der Waals surface area contributed by atoms with Gasteiger partial charge in [0.1, 0.15) is 0 Å². The molecule has 0 bridgehead atoms. The first-order valence-corrected chi connectivity index (χ1v) is 4.55. The van der Waals surface area contributed by atoms with Crippen LogP contribution in [0.15, 0.2) is 0 Å². The van der Waals surface area contributed by atoms with Crippen LogP contribution in [-0.2, 0) is 0 Å². The first kappa shape index (κ1) is 10.9. The minimum absolute atomic E-state index is 0.00135. The Morgan fingerprint density at radius 3 is 2.62 bits per heavy atom. The van der Waals surface area contributed by atoms with Crippen LogP contribution in [-0.4, -0.2) is 43.1 Å². The molecule has 13 heavy (non-hydrogen) atoms. The summed E-state index contributed by atoms with van der Waals surface area (Å²) in [5.74, 6) is 0.0342. The Kier molecular flexibility index (Phi) is 3.61. The molecule has 1 N–H and O–H groups in total. The third-order valence-corrected chi connectivity index (χ3v) is 2.33. The molecular formula is C7H14BF3NO-. The monoisotopic (exact) mass is 196 g/mol. The molecule has 0 aromatic rings. The molecule has 1 saturated heterocycles. The summed E-state index contributed by atoms with van der Waals surface area (Å²) in [5.41, 5.74) is 0. The van der Waals surface area contributed by atoms with Gasteiger partial charge in [0.05, 0.1) is 0 Å². The molecule has 0 aromatic carbocycles. The minimum atomic E-state index is -4.71. The van der Waals surface area contributed by atoms with Gasteiger partial charge >= 0.3 is 6.98 Å². The standard InChI is InChI=1S/C7H14BF3NO/c9-8(10,11)6-12-3-1-2-7(4-12)5-13/h7,13H,1-6H2/q-1. The van der Waals surface area contributed by atoms with E-state index in [1.165, 1.54) is 4.90 Å². The third kappa shape index (κ3) is 4.00. The van der Waals surface area contributed by atoms with E-state index in [-0.39, 0.29) is 12.5 Å². The number of halogens is 3. The largest absolute Gasteiger partial charge is 0.492 e. The second-order valence-electron chi connectivity index (χ2n) is 3.66. The van der Waals surface area contributed by atoms with Crippen molar-refractivity contribution in [1.82, 2.24) is 4.90 Å². The zero-order valence-electron chi connectivity index (χ0n) is 7.43. The van der Waals surface area contributed by atoms with Crippen molar-refractivity contribution in [3.8, 4) is 0 Å². The average molecular weight is 196 g/mol. The van der Waals surface area contributed by atoms with Gasteiger partial charge in [-0.2, -0.15) is 0 Å². The maximum Gasteiger partial charge on any atom is 0.492 e. The quantitative estimate of drug-likeness (QED) is 0.682. The third-order valence-electron chi connectivity index (χ3n) is 2.33. The van der Waals surface area contributed by atoms with Crippen molar-refractivity contribution in [2.24, 2.45) is 5.92 Å². The summed E-state index contributed by atoms with van der Waals surface area (Å²) < 4.78 is 36.1. The van der Waals surface area contributed by atoms with E-state index in [1.54, 1.807) is 0 Å². The fourth-order valence-corrected chi connectivity index (χ4v) is 1.76. The fourth-order valence-electron chi connectivity index (χ4n) is 1.76. The molecule has 1 atom stereocenters. The highest BCUT2D eigenvalue weighted by atomic mass is 19.4. The lowest BCUT2D eigenvalue weighted by molar-refractivity contribution is 0.126. The Hall–Kier alpha value is -0.225. The molecule has 0 aliphatic carbocycles. The van der Waals surface area contributed by atoms with Gasteiger partial charge in [0, 0.05) is 6.61 Å². The second kappa shape index (κ2) is 4.33. The van der Waals surface area contributed by atoms with Crippen LogP contribution in [0.5, 0.6) is 0 Å². The van der Waals surface area contributed by atoms with E-state index in [0.717, 1.165) is 12.8 Å². The van der Waals surface area contributed by atoms with Crippen LogP contribution in [0.4, 0.5) is 12.9 Å². The van der Waals surface area contributed by atoms with Crippen molar-refractivity contribution in [2.45, 2.75) is 12.8 Å². The predicted molar refractivity (Wildman–Crippen MR) is 45.3 cm³/mol. The number of piperidine rings is 1. The normalized spacial score (nSPS) is 26.3. The van der Waals surface area contributed by atoms with Crippen LogP contribution >= 0.6 is 0 Å². The van der Waals surface area contributed by atoms with Crippen LogP contribution < -0.4 is 0 Å². The Morgan fingerprint density at radius 2 is 2.08 bits per heavy atom. The molecule has 6 heteroatoms. The van der Waals surface area contributed by atoms with E-state index in [9.17, 15) is 12.9 Å². The van der Waals surface area contributed by atoms with Crippen LogP contribution in [0.2, 0.25) is 0 Å². The number of hydrogen-bond acceptors (Lipinski definition) is 2. The maximum absolute atomic E-state index is 12.0. The Bertz CT molecular complexity index is 164. The molecule has 0 saturated carbocycles. The number of hydrogen-bond donors (Lipinski definition) is 1. The highest BCUT2D eigenvalue weighted by Gasteiger charge is 2.29. The van der Waals surface area contributed by atoms with E-state index in [0.29, 0.717) is 13.1 Å². The average Bonchev–Trinajstić information content (AvgIpc) is 2.01. The molecule has 1 unspecified atom stereocenters. The zero-order chi connectivity index (χ0) is 9.90. The Morgan fingerprint density at radius 1 is 1.38 bits per heavy atom. The molecule has 1 fully saturated rings. The van der Waals surface area contributed by atoms with Gasteiger partial charge in [0.15, 0.2) is 0 Å². The summed E-state index contributed by atoms with van der Waals surface area (Å²) in [4.78, 5) is 1.39. The number of rotatable bonds is 3. The molecule has 0 radical (unpaired) electrons. The van der Waals surface area contributed by atoms with Crippen LogP contribution in [0.1, 0.15) is 12.8 Å². The molecule has 1 aliphatic rings. The summed E-state index contributed by atoms with van der Waals surface area (Å²) in [5, 5.41) is 8.80. The van der Waals surface area contributed by atoms with Crippen molar-refractivity contribution in [3.05, 3.63) is 0 Å². The highest BCUT2D eigenvalue weighted by molar-refractivity contribution is 6.58. The van der Waals surface area contributed by atoms with Gasteiger partial charge in [-0.3, -0.25) is 0 Å². The van der Waals surface area contributed by atoms with Gasteiger partial charge in [-0.05, 0) is 38.3 Å². The number of nitrogens with zero attached hydrogens (tertiary/aromatic N) is 1. The minimum Gasteiger partial charge on any atom is -0.448 e. The molecular weight excluding hydrogens is 182 g/mol. The molecule has 1 aliphatic heterocycles. The topological polar surface area (TPSA) is 23.5 Å². The molecule has 78 valence electrons. The summed E-state index contributed by atoms with van der Waals surface area (Å²) >= 11 is 0. The lowest BCUT2D eigenvalue weighted by Gasteiger charge is -2.34. The predicted octanol–water partition coefficient (Wildman–Crippen LogP) is 1.08. The van der Waals surface area contributed by atoms with E-state index >= 15 is 0 Å². The summed E-state index contributed by atoms with van der Waals surface area (Å²) in [6, 6.07) is 0. The summed E-state index contributed by atoms with van der Waals surface area (Å²) in [7, 11) is 0. The van der Waals surface area contributed by atoms with Gasteiger partial charge in [-0.1, -0.05) is 0 Å². The van der Waals surface area contributed by atoms with Gasteiger partial charge in [-0.25, -0.2) is 0 Å². The Balaban J connectivity index is 2.34. The highest BCUT2D eigenvalue weighted by Crippen LogP contribution is 2.19. The van der Waals surface area contributed by atoms with Crippen molar-refractivity contribution in [3.63, 3.8) is 0 Å². The Labute approximate surface area is 75.8 Å². The summed E-state index contributed by atoms with van der Waals surface area (Å²) in [6.07, 6.45) is 0.825. The van der Waals surface area contributed by atoms with E-state index in [1.807, 2.05) is 0 Å². The van der Waals surface area contributed by atoms with Crippen LogP contribution in [0.25, 0.3) is 0 Å². The summed E-state index contributed by atoms with van der Waals surface area (Å²) in [6.45, 7) is -3.81. The van der Waals surface area contributed by atoms with Gasteiger partial charge in [-0.15, -0.1) is 0 Å². The maximum atomic E-state index is 12.0. The molecule has 0 aromatic heterocycles. The van der Waals surface area contributed by atoms with Crippen molar-refractivity contribution in [1.29, 1.82) is 0 Å². The van der Waals surface area contributed by atoms with E-state index in [4.69, 9.17) is 5.11 Å². The second-order valence-corrected chi connectivity index (χ2v) is 3.66. The van der Waals surface area contributed by atoms with Gasteiger partial charge < -0.3 is 23.0 Å². The lowest BCUT2D eigenvalue weighted by atomic mass is 9.88. The SMILES string of the molecule is OCC1CCCN(C[B-](F)(F)F)C1. The van der Waals surface area contributed by atoms with Crippen LogP contribution in [0.3, 0.4) is 0 Å². The molecule has 0 spiro atoms. The number of aliphatic hydroxyl groups is 1. The molecule has 0 amide bonds. The first-order valence-electron chi connectivity index (χ1n) is 4.55.